The Morgan fingerprint density at radius 3 is 2.67 bits per heavy atom. The molecule has 1 aromatic heterocycles. The maximum atomic E-state index is 13.5. The summed E-state index contributed by atoms with van der Waals surface area (Å²) in [6.07, 6.45) is -3.26. The molecule has 1 unspecified atom stereocenters. The molecule has 18 heavy (non-hydrogen) atoms. The van der Waals surface area contributed by atoms with Crippen LogP contribution in [0.5, 0.6) is 0 Å². The Kier molecular flexibility index (Phi) is 5.53. The van der Waals surface area contributed by atoms with Crippen LogP contribution < -0.4 is 5.32 Å². The zero-order chi connectivity index (χ0) is 13.6. The summed E-state index contributed by atoms with van der Waals surface area (Å²) in [6.45, 7) is 2.42. The molecule has 2 nitrogen and oxygen atoms in total. The number of rotatable bonds is 6. The lowest BCUT2D eigenvalue weighted by Crippen LogP contribution is -2.25. The Morgan fingerprint density at radius 2 is 2.11 bits per heavy atom. The van der Waals surface area contributed by atoms with E-state index in [1.807, 2.05) is 6.92 Å². The highest BCUT2D eigenvalue weighted by Gasteiger charge is 2.29. The van der Waals surface area contributed by atoms with E-state index in [2.05, 4.69) is 10.3 Å². The van der Waals surface area contributed by atoms with E-state index in [-0.39, 0.29) is 12.1 Å². The molecular weight excluding hydrogens is 248 g/mol. The van der Waals surface area contributed by atoms with Gasteiger partial charge in [-0.05, 0) is 31.5 Å². The highest BCUT2D eigenvalue weighted by atomic mass is 19.4. The van der Waals surface area contributed by atoms with E-state index in [1.165, 1.54) is 18.3 Å². The summed E-state index contributed by atoms with van der Waals surface area (Å²) in [4.78, 5) is 3.83. The minimum Gasteiger partial charge on any atom is -0.309 e. The molecule has 0 spiro atoms. The summed E-state index contributed by atoms with van der Waals surface area (Å²) in [5.74, 6) is -0.576. The lowest BCUT2D eigenvalue weighted by atomic mass is 10.1. The monoisotopic (exact) mass is 264 g/mol. The average Bonchev–Trinajstić information content (AvgIpc) is 2.29. The van der Waals surface area contributed by atoms with Crippen LogP contribution in [0, 0.1) is 5.82 Å². The minimum atomic E-state index is -4.24. The molecule has 0 aromatic carbocycles. The Balaban J connectivity index is 2.75. The van der Waals surface area contributed by atoms with Gasteiger partial charge in [0.25, 0.3) is 0 Å². The fourth-order valence-corrected chi connectivity index (χ4v) is 1.62. The van der Waals surface area contributed by atoms with Gasteiger partial charge in [-0.25, -0.2) is 4.39 Å². The molecule has 0 amide bonds. The van der Waals surface area contributed by atoms with Crippen LogP contribution in [0.4, 0.5) is 17.6 Å². The van der Waals surface area contributed by atoms with E-state index < -0.39 is 24.5 Å². The fourth-order valence-electron chi connectivity index (χ4n) is 1.62. The van der Waals surface area contributed by atoms with E-state index in [0.29, 0.717) is 6.54 Å². The number of pyridine rings is 1. The molecule has 0 bridgehead atoms. The molecule has 1 N–H and O–H groups in total. The van der Waals surface area contributed by atoms with Gasteiger partial charge in [-0.1, -0.05) is 6.92 Å². The quantitative estimate of drug-likeness (QED) is 0.794. The normalized spacial score (nSPS) is 13.6. The first-order valence-corrected chi connectivity index (χ1v) is 5.84. The Labute approximate surface area is 103 Å². The molecule has 1 heterocycles. The van der Waals surface area contributed by atoms with Gasteiger partial charge in [0.2, 0.25) is 0 Å². The minimum absolute atomic E-state index is 0.0511. The van der Waals surface area contributed by atoms with Gasteiger partial charge in [0.15, 0.2) is 0 Å². The van der Waals surface area contributed by atoms with Crippen molar-refractivity contribution in [3.05, 3.63) is 29.8 Å². The second-order valence-corrected chi connectivity index (χ2v) is 4.03. The van der Waals surface area contributed by atoms with Gasteiger partial charge >= 0.3 is 6.18 Å². The molecule has 0 saturated carbocycles. The van der Waals surface area contributed by atoms with Crippen molar-refractivity contribution in [2.75, 3.05) is 6.54 Å². The van der Waals surface area contributed by atoms with Crippen LogP contribution in [0.1, 0.15) is 37.9 Å². The standard InChI is InChI=1S/C12H16F4N2/c1-2-7-17-10(5-6-12(14,15)16)11-9(13)4-3-8-18-11/h3-4,8,10,17H,2,5-7H2,1H3. The molecule has 1 aromatic rings. The van der Waals surface area contributed by atoms with Gasteiger partial charge in [-0.2, -0.15) is 13.2 Å². The van der Waals surface area contributed by atoms with Crippen molar-refractivity contribution < 1.29 is 17.6 Å². The first kappa shape index (κ1) is 14.9. The number of nitrogens with one attached hydrogen (secondary N) is 1. The van der Waals surface area contributed by atoms with Crippen LogP contribution in [0.2, 0.25) is 0 Å². The number of aromatic nitrogens is 1. The van der Waals surface area contributed by atoms with Crippen molar-refractivity contribution in [2.24, 2.45) is 0 Å². The van der Waals surface area contributed by atoms with Crippen LogP contribution >= 0.6 is 0 Å². The first-order valence-electron chi connectivity index (χ1n) is 5.84. The van der Waals surface area contributed by atoms with Crippen LogP contribution in [0.3, 0.4) is 0 Å². The molecule has 6 heteroatoms. The molecule has 0 aliphatic rings. The lowest BCUT2D eigenvalue weighted by Gasteiger charge is -2.19. The van der Waals surface area contributed by atoms with E-state index in [0.717, 1.165) is 6.42 Å². The third-order valence-electron chi connectivity index (χ3n) is 2.47. The van der Waals surface area contributed by atoms with Gasteiger partial charge in [0, 0.05) is 12.6 Å². The molecule has 102 valence electrons. The molecule has 0 fully saturated rings. The molecule has 0 radical (unpaired) electrons. The van der Waals surface area contributed by atoms with Crippen LogP contribution in [0.25, 0.3) is 0 Å². The maximum Gasteiger partial charge on any atom is 0.389 e. The molecule has 0 saturated heterocycles. The number of nitrogens with zero attached hydrogens (tertiary/aromatic N) is 1. The zero-order valence-electron chi connectivity index (χ0n) is 10.1. The van der Waals surface area contributed by atoms with Crippen molar-refractivity contribution >= 4 is 0 Å². The highest BCUT2D eigenvalue weighted by Crippen LogP contribution is 2.27. The second-order valence-electron chi connectivity index (χ2n) is 4.03. The zero-order valence-corrected chi connectivity index (χ0v) is 10.1. The Bertz CT molecular complexity index is 365. The largest absolute Gasteiger partial charge is 0.389 e. The van der Waals surface area contributed by atoms with E-state index in [9.17, 15) is 17.6 Å². The summed E-state index contributed by atoms with van der Waals surface area (Å²) >= 11 is 0. The van der Waals surface area contributed by atoms with Crippen molar-refractivity contribution in [1.29, 1.82) is 0 Å². The van der Waals surface area contributed by atoms with Crippen molar-refractivity contribution in [3.8, 4) is 0 Å². The van der Waals surface area contributed by atoms with Gasteiger partial charge in [-0.15, -0.1) is 0 Å². The summed E-state index contributed by atoms with van der Waals surface area (Å²) in [6, 6.07) is 1.92. The molecule has 0 aliphatic heterocycles. The van der Waals surface area contributed by atoms with Gasteiger partial charge in [-0.3, -0.25) is 4.98 Å². The lowest BCUT2D eigenvalue weighted by molar-refractivity contribution is -0.136. The van der Waals surface area contributed by atoms with Gasteiger partial charge in [0.05, 0.1) is 11.7 Å². The predicted octanol–water partition coefficient (Wildman–Crippen LogP) is 3.60. The van der Waals surface area contributed by atoms with Crippen molar-refractivity contribution in [2.45, 2.75) is 38.4 Å². The molecule has 1 rings (SSSR count). The van der Waals surface area contributed by atoms with Crippen LogP contribution in [0.15, 0.2) is 18.3 Å². The predicted molar refractivity (Wildman–Crippen MR) is 60.5 cm³/mol. The van der Waals surface area contributed by atoms with Crippen LogP contribution in [-0.2, 0) is 0 Å². The number of alkyl halides is 3. The summed E-state index contributed by atoms with van der Waals surface area (Å²) < 4.78 is 50.1. The fraction of sp³-hybridized carbons (Fsp3) is 0.583. The van der Waals surface area contributed by atoms with Crippen LogP contribution in [-0.4, -0.2) is 17.7 Å². The number of hydrogen-bond donors (Lipinski definition) is 1. The van der Waals surface area contributed by atoms with Gasteiger partial charge in [0.1, 0.15) is 5.82 Å². The smallest absolute Gasteiger partial charge is 0.309 e. The second kappa shape index (κ2) is 6.68. The molecular formula is C12H16F4N2. The molecule has 0 aliphatic carbocycles. The van der Waals surface area contributed by atoms with E-state index >= 15 is 0 Å². The average molecular weight is 264 g/mol. The number of halogens is 4. The topological polar surface area (TPSA) is 24.9 Å². The van der Waals surface area contributed by atoms with E-state index in [1.54, 1.807) is 0 Å². The van der Waals surface area contributed by atoms with E-state index in [4.69, 9.17) is 0 Å². The highest BCUT2D eigenvalue weighted by molar-refractivity contribution is 5.11. The summed E-state index contributed by atoms with van der Waals surface area (Å²) in [7, 11) is 0. The first-order chi connectivity index (χ1) is 8.44. The number of hydrogen-bond acceptors (Lipinski definition) is 2. The molecule has 1 atom stereocenters. The third-order valence-corrected chi connectivity index (χ3v) is 2.47. The maximum absolute atomic E-state index is 13.5. The SMILES string of the molecule is CCCNC(CCC(F)(F)F)c1ncccc1F. The Morgan fingerprint density at radius 1 is 1.39 bits per heavy atom. The third kappa shape index (κ3) is 5.00. The summed E-state index contributed by atoms with van der Waals surface area (Å²) in [5, 5.41) is 2.90. The Hall–Kier alpha value is -1.17. The van der Waals surface area contributed by atoms with Crippen molar-refractivity contribution in [1.82, 2.24) is 10.3 Å². The summed E-state index contributed by atoms with van der Waals surface area (Å²) in [5.41, 5.74) is 0.0511. The van der Waals surface area contributed by atoms with Gasteiger partial charge < -0.3 is 5.32 Å². The van der Waals surface area contributed by atoms with Crippen molar-refractivity contribution in [3.63, 3.8) is 0 Å².